The zero-order valence-electron chi connectivity index (χ0n) is 10.5. The number of aryl methyl sites for hydroxylation is 1. The highest BCUT2D eigenvalue weighted by molar-refractivity contribution is 6.00. The van der Waals surface area contributed by atoms with E-state index in [0.717, 1.165) is 11.1 Å². The van der Waals surface area contributed by atoms with Gasteiger partial charge in [-0.1, -0.05) is 37.3 Å². The van der Waals surface area contributed by atoms with Crippen LogP contribution < -0.4 is 0 Å². The first-order chi connectivity index (χ1) is 8.58. The van der Waals surface area contributed by atoms with Crippen molar-refractivity contribution in [3.8, 4) is 0 Å². The van der Waals surface area contributed by atoms with Crippen LogP contribution in [0.5, 0.6) is 0 Å². The van der Waals surface area contributed by atoms with Crippen LogP contribution in [-0.4, -0.2) is 5.78 Å². The third-order valence-electron chi connectivity index (χ3n) is 3.02. The number of ketones is 1. The van der Waals surface area contributed by atoms with E-state index in [2.05, 4.69) is 0 Å². The summed E-state index contributed by atoms with van der Waals surface area (Å²) in [4.78, 5) is 12.3. The fourth-order valence-electron chi connectivity index (χ4n) is 2.02. The standard InChI is InChI=1S/C16H15FO/c1-11-8-14(10-15(17)9-11)16(18)12(2)13-6-4-3-5-7-13/h3-10,12H,1-2H3. The molecule has 2 rings (SSSR count). The molecule has 0 fully saturated rings. The minimum absolute atomic E-state index is 0.0520. The van der Waals surface area contributed by atoms with Crippen LogP contribution in [0, 0.1) is 12.7 Å². The summed E-state index contributed by atoms with van der Waals surface area (Å²) in [6, 6.07) is 14.0. The molecule has 18 heavy (non-hydrogen) atoms. The van der Waals surface area contributed by atoms with Gasteiger partial charge in [0, 0.05) is 11.5 Å². The minimum atomic E-state index is -0.362. The molecule has 0 bridgehead atoms. The second kappa shape index (κ2) is 5.13. The van der Waals surface area contributed by atoms with Crippen LogP contribution in [0.1, 0.15) is 34.3 Å². The SMILES string of the molecule is Cc1cc(F)cc(C(=O)C(C)c2ccccc2)c1. The number of carbonyl (C=O) groups is 1. The third-order valence-corrected chi connectivity index (χ3v) is 3.02. The Kier molecular flexibility index (Phi) is 3.56. The fourth-order valence-corrected chi connectivity index (χ4v) is 2.02. The molecule has 0 aliphatic heterocycles. The van der Waals surface area contributed by atoms with Gasteiger partial charge in [0.15, 0.2) is 5.78 Å². The van der Waals surface area contributed by atoms with Crippen molar-refractivity contribution in [1.82, 2.24) is 0 Å². The van der Waals surface area contributed by atoms with Crippen LogP contribution in [0.2, 0.25) is 0 Å². The Morgan fingerprint density at radius 1 is 1.11 bits per heavy atom. The third kappa shape index (κ3) is 2.65. The highest BCUT2D eigenvalue weighted by Gasteiger charge is 2.17. The maximum absolute atomic E-state index is 13.3. The smallest absolute Gasteiger partial charge is 0.170 e. The second-order valence-electron chi connectivity index (χ2n) is 4.51. The maximum Gasteiger partial charge on any atom is 0.170 e. The zero-order chi connectivity index (χ0) is 13.1. The Balaban J connectivity index is 2.31. The molecule has 1 atom stereocenters. The summed E-state index contributed by atoms with van der Waals surface area (Å²) in [5.41, 5.74) is 2.15. The number of Topliss-reactive ketones (excluding diaryl/α,β-unsaturated/α-hetero) is 1. The molecule has 0 radical (unpaired) electrons. The first kappa shape index (κ1) is 12.5. The molecular formula is C16H15FO. The maximum atomic E-state index is 13.3. The van der Waals surface area contributed by atoms with Crippen LogP contribution in [0.25, 0.3) is 0 Å². The molecule has 0 aliphatic carbocycles. The lowest BCUT2D eigenvalue weighted by atomic mass is 9.92. The molecule has 0 aliphatic rings. The first-order valence-electron chi connectivity index (χ1n) is 5.94. The highest BCUT2D eigenvalue weighted by Crippen LogP contribution is 2.21. The molecule has 0 saturated heterocycles. The van der Waals surface area contributed by atoms with Gasteiger partial charge in [0.2, 0.25) is 0 Å². The van der Waals surface area contributed by atoms with E-state index in [-0.39, 0.29) is 17.5 Å². The molecule has 2 aromatic rings. The van der Waals surface area contributed by atoms with Crippen molar-refractivity contribution < 1.29 is 9.18 Å². The summed E-state index contributed by atoms with van der Waals surface area (Å²) in [6.45, 7) is 3.63. The Hall–Kier alpha value is -1.96. The van der Waals surface area contributed by atoms with Crippen molar-refractivity contribution in [2.45, 2.75) is 19.8 Å². The number of hydrogen-bond donors (Lipinski definition) is 0. The fraction of sp³-hybridized carbons (Fsp3) is 0.188. The van der Waals surface area contributed by atoms with Crippen molar-refractivity contribution in [3.63, 3.8) is 0 Å². The van der Waals surface area contributed by atoms with Gasteiger partial charge in [-0.25, -0.2) is 4.39 Å². The average molecular weight is 242 g/mol. The quantitative estimate of drug-likeness (QED) is 0.740. The number of carbonyl (C=O) groups excluding carboxylic acids is 1. The molecular weight excluding hydrogens is 227 g/mol. The number of halogens is 1. The Labute approximate surface area is 106 Å². The molecule has 0 spiro atoms. The summed E-state index contributed by atoms with van der Waals surface area (Å²) >= 11 is 0. The predicted octanol–water partition coefficient (Wildman–Crippen LogP) is 4.12. The molecule has 0 saturated carbocycles. The van der Waals surface area contributed by atoms with E-state index in [4.69, 9.17) is 0 Å². The lowest BCUT2D eigenvalue weighted by molar-refractivity contribution is 0.0965. The monoisotopic (exact) mass is 242 g/mol. The van der Waals surface area contributed by atoms with Gasteiger partial charge in [-0.3, -0.25) is 4.79 Å². The Morgan fingerprint density at radius 2 is 1.78 bits per heavy atom. The van der Waals surface area contributed by atoms with Crippen molar-refractivity contribution >= 4 is 5.78 Å². The Morgan fingerprint density at radius 3 is 2.39 bits per heavy atom. The van der Waals surface area contributed by atoms with Gasteiger partial charge in [0.25, 0.3) is 0 Å². The van der Waals surface area contributed by atoms with Crippen LogP contribution >= 0.6 is 0 Å². The average Bonchev–Trinajstić information content (AvgIpc) is 2.37. The van der Waals surface area contributed by atoms with Gasteiger partial charge in [0.05, 0.1) is 0 Å². The molecule has 0 heterocycles. The minimum Gasteiger partial charge on any atom is -0.294 e. The van der Waals surface area contributed by atoms with Crippen LogP contribution in [-0.2, 0) is 0 Å². The van der Waals surface area contributed by atoms with Crippen molar-refractivity contribution in [2.24, 2.45) is 0 Å². The van der Waals surface area contributed by atoms with Gasteiger partial charge in [-0.2, -0.15) is 0 Å². The number of benzene rings is 2. The molecule has 92 valence electrons. The molecule has 1 unspecified atom stereocenters. The van der Waals surface area contributed by atoms with E-state index in [9.17, 15) is 9.18 Å². The summed E-state index contributed by atoms with van der Waals surface area (Å²) in [7, 11) is 0. The van der Waals surface area contributed by atoms with Gasteiger partial charge in [-0.15, -0.1) is 0 Å². The summed E-state index contributed by atoms with van der Waals surface area (Å²) in [5.74, 6) is -0.671. The van der Waals surface area contributed by atoms with E-state index >= 15 is 0 Å². The van der Waals surface area contributed by atoms with E-state index in [0.29, 0.717) is 5.56 Å². The molecule has 0 amide bonds. The summed E-state index contributed by atoms with van der Waals surface area (Å²) in [5, 5.41) is 0. The van der Waals surface area contributed by atoms with Crippen molar-refractivity contribution in [2.75, 3.05) is 0 Å². The molecule has 1 nitrogen and oxygen atoms in total. The Bertz CT molecular complexity index is 540. The van der Waals surface area contributed by atoms with Gasteiger partial charge in [-0.05, 0) is 36.2 Å². The van der Waals surface area contributed by atoms with E-state index in [1.165, 1.54) is 12.1 Å². The van der Waals surface area contributed by atoms with Crippen LogP contribution in [0.4, 0.5) is 4.39 Å². The van der Waals surface area contributed by atoms with E-state index in [1.54, 1.807) is 13.0 Å². The van der Waals surface area contributed by atoms with Gasteiger partial charge >= 0.3 is 0 Å². The van der Waals surface area contributed by atoms with Crippen molar-refractivity contribution in [3.05, 3.63) is 71.0 Å². The molecule has 0 N–H and O–H groups in total. The largest absolute Gasteiger partial charge is 0.294 e. The lowest BCUT2D eigenvalue weighted by Gasteiger charge is -2.11. The molecule has 0 aromatic heterocycles. The molecule has 2 heteroatoms. The summed E-state index contributed by atoms with van der Waals surface area (Å²) in [6.07, 6.45) is 0. The van der Waals surface area contributed by atoms with Crippen LogP contribution in [0.15, 0.2) is 48.5 Å². The van der Waals surface area contributed by atoms with Crippen molar-refractivity contribution in [1.29, 1.82) is 0 Å². The molecule has 2 aromatic carbocycles. The zero-order valence-corrected chi connectivity index (χ0v) is 10.5. The van der Waals surface area contributed by atoms with Gasteiger partial charge < -0.3 is 0 Å². The normalized spacial score (nSPS) is 12.2. The summed E-state index contributed by atoms with van der Waals surface area (Å²) < 4.78 is 13.3. The number of rotatable bonds is 3. The second-order valence-corrected chi connectivity index (χ2v) is 4.51. The predicted molar refractivity (Wildman–Crippen MR) is 70.3 cm³/mol. The lowest BCUT2D eigenvalue weighted by Crippen LogP contribution is -2.10. The highest BCUT2D eigenvalue weighted by atomic mass is 19.1. The van der Waals surface area contributed by atoms with Crippen LogP contribution in [0.3, 0.4) is 0 Å². The number of hydrogen-bond acceptors (Lipinski definition) is 1. The van der Waals surface area contributed by atoms with E-state index < -0.39 is 0 Å². The first-order valence-corrected chi connectivity index (χ1v) is 5.94. The topological polar surface area (TPSA) is 17.1 Å². The van der Waals surface area contributed by atoms with E-state index in [1.807, 2.05) is 37.3 Å². The van der Waals surface area contributed by atoms with Gasteiger partial charge in [0.1, 0.15) is 5.82 Å².